The van der Waals surface area contributed by atoms with Gasteiger partial charge in [0.2, 0.25) is 11.2 Å². The lowest BCUT2D eigenvalue weighted by atomic mass is 10.1. The molecule has 0 aliphatic heterocycles. The van der Waals surface area contributed by atoms with Crippen LogP contribution >= 0.6 is 0 Å². The van der Waals surface area contributed by atoms with Crippen LogP contribution in [0.15, 0.2) is 85.2 Å². The van der Waals surface area contributed by atoms with Gasteiger partial charge in [-0.3, -0.25) is 9.59 Å². The molecule has 218 valence electrons. The minimum absolute atomic E-state index is 0.0203. The highest BCUT2D eigenvalue weighted by molar-refractivity contribution is 5.86. The van der Waals surface area contributed by atoms with E-state index in [4.69, 9.17) is 8.83 Å². The first kappa shape index (κ1) is 28.0. The number of fused-ring (bicyclic) bond motifs is 2. The van der Waals surface area contributed by atoms with E-state index in [1.165, 1.54) is 30.3 Å². The van der Waals surface area contributed by atoms with Crippen molar-refractivity contribution in [3.63, 3.8) is 0 Å². The first-order chi connectivity index (χ1) is 20.3. The van der Waals surface area contributed by atoms with Crippen LogP contribution in [-0.4, -0.2) is 46.0 Å². The van der Waals surface area contributed by atoms with Gasteiger partial charge < -0.3 is 54.8 Å². The van der Waals surface area contributed by atoms with Crippen molar-refractivity contribution in [2.75, 3.05) is 0 Å². The highest BCUT2D eigenvalue weighted by Gasteiger charge is 2.17. The summed E-state index contributed by atoms with van der Waals surface area (Å²) in [5, 5.41) is 85.7. The molecule has 9 N–H and O–H groups in total. The average molecular weight is 588 g/mol. The van der Waals surface area contributed by atoms with Crippen LogP contribution in [0.25, 0.3) is 44.6 Å². The lowest BCUT2D eigenvalue weighted by Crippen LogP contribution is -2.02. The number of hydrogen-bond acceptors (Lipinski definition) is 13. The summed E-state index contributed by atoms with van der Waals surface area (Å²) in [6, 6.07) is 13.1. The van der Waals surface area contributed by atoms with Gasteiger partial charge in [-0.25, -0.2) is 0 Å². The summed E-state index contributed by atoms with van der Waals surface area (Å²) in [5.74, 6) is -4.20. The van der Waals surface area contributed by atoms with Crippen LogP contribution in [0.3, 0.4) is 0 Å². The van der Waals surface area contributed by atoms with Crippen LogP contribution in [0, 0.1) is 0 Å². The smallest absolute Gasteiger partial charge is 0.235 e. The average Bonchev–Trinajstić information content (AvgIpc) is 2.94. The standard InChI is InChI=1S/C15H10O7.C15H10O6/c16-7-3-8(17)14-9(18)5-12(22-13(14)4-7)6-1-10(19)15(21)11(20)2-6;16-8-2-3-9-12(6-8)21-15(14(20)13(9)19)7-1-4-10(17)11(18)5-7/h1-5,16-17,19-21H;1-6,16-18,20H. The van der Waals surface area contributed by atoms with Crippen molar-refractivity contribution in [1.29, 1.82) is 0 Å². The number of aromatic hydroxyl groups is 9. The Labute approximate surface area is 238 Å². The van der Waals surface area contributed by atoms with E-state index in [2.05, 4.69) is 0 Å². The van der Waals surface area contributed by atoms with Gasteiger partial charge in [-0.2, -0.15) is 0 Å². The molecule has 0 aliphatic rings. The van der Waals surface area contributed by atoms with Gasteiger partial charge in [-0.15, -0.1) is 0 Å². The zero-order valence-corrected chi connectivity index (χ0v) is 21.5. The topological polar surface area (TPSA) is 242 Å². The predicted octanol–water partition coefficient (Wildman–Crippen LogP) is 4.27. The molecule has 13 heteroatoms. The van der Waals surface area contributed by atoms with Crippen molar-refractivity contribution in [3.8, 4) is 74.4 Å². The molecule has 43 heavy (non-hydrogen) atoms. The monoisotopic (exact) mass is 588 g/mol. The van der Waals surface area contributed by atoms with Crippen molar-refractivity contribution >= 4 is 21.9 Å². The summed E-state index contributed by atoms with van der Waals surface area (Å²) in [6.07, 6.45) is 0. The van der Waals surface area contributed by atoms with Gasteiger partial charge >= 0.3 is 0 Å². The van der Waals surface area contributed by atoms with Gasteiger partial charge in [0.25, 0.3) is 0 Å². The number of phenols is 8. The van der Waals surface area contributed by atoms with E-state index in [-0.39, 0.29) is 61.8 Å². The van der Waals surface area contributed by atoms with Gasteiger partial charge in [0.05, 0.1) is 5.39 Å². The third kappa shape index (κ3) is 5.20. The SMILES string of the molecule is O=c1c(O)c(-c2ccc(O)c(O)c2)oc2cc(O)ccc12.O=c1cc(-c2cc(O)c(O)c(O)c2)oc2cc(O)cc(O)c12. The van der Waals surface area contributed by atoms with E-state index in [0.717, 1.165) is 36.4 Å². The van der Waals surface area contributed by atoms with E-state index in [9.17, 15) is 55.5 Å². The lowest BCUT2D eigenvalue weighted by Gasteiger charge is -2.07. The molecule has 0 aliphatic carbocycles. The molecule has 0 bridgehead atoms. The first-order valence-electron chi connectivity index (χ1n) is 12.1. The third-order valence-electron chi connectivity index (χ3n) is 6.24. The normalized spacial score (nSPS) is 10.9. The first-order valence-corrected chi connectivity index (χ1v) is 12.1. The van der Waals surface area contributed by atoms with Gasteiger partial charge in [-0.05, 0) is 42.5 Å². The van der Waals surface area contributed by atoms with Gasteiger partial charge in [0.1, 0.15) is 39.6 Å². The van der Waals surface area contributed by atoms with Crippen molar-refractivity contribution in [2.24, 2.45) is 0 Å². The van der Waals surface area contributed by atoms with Crippen LogP contribution in [0.4, 0.5) is 0 Å². The molecule has 0 saturated carbocycles. The van der Waals surface area contributed by atoms with Crippen LogP contribution < -0.4 is 10.9 Å². The Morgan fingerprint density at radius 3 is 1.81 bits per heavy atom. The molecule has 0 fully saturated rings. The Kier molecular flexibility index (Phi) is 6.83. The fourth-order valence-corrected chi connectivity index (χ4v) is 4.17. The summed E-state index contributed by atoms with van der Waals surface area (Å²) < 4.78 is 10.8. The highest BCUT2D eigenvalue weighted by Crippen LogP contribution is 2.40. The van der Waals surface area contributed by atoms with Crippen molar-refractivity contribution in [1.82, 2.24) is 0 Å². The van der Waals surface area contributed by atoms with Crippen molar-refractivity contribution in [3.05, 3.63) is 87.2 Å². The van der Waals surface area contributed by atoms with Gasteiger partial charge in [0.15, 0.2) is 39.9 Å². The maximum Gasteiger partial charge on any atom is 0.235 e. The van der Waals surface area contributed by atoms with Gasteiger partial charge in [-0.1, -0.05) is 0 Å². The Bertz CT molecular complexity index is 2150. The number of rotatable bonds is 2. The predicted molar refractivity (Wildman–Crippen MR) is 151 cm³/mol. The molecular weight excluding hydrogens is 568 g/mol. The van der Waals surface area contributed by atoms with E-state index in [0.29, 0.717) is 0 Å². The molecule has 0 amide bonds. The minimum atomic E-state index is -0.692. The molecule has 2 aromatic heterocycles. The van der Waals surface area contributed by atoms with Gasteiger partial charge in [0, 0.05) is 35.4 Å². The molecule has 2 heterocycles. The largest absolute Gasteiger partial charge is 0.508 e. The number of phenolic OH excluding ortho intramolecular Hbond substituents is 8. The van der Waals surface area contributed by atoms with E-state index in [1.807, 2.05) is 0 Å². The summed E-state index contributed by atoms with van der Waals surface area (Å²) in [6.45, 7) is 0. The maximum absolute atomic E-state index is 12.1. The van der Waals surface area contributed by atoms with Crippen LogP contribution in [0.5, 0.6) is 51.7 Å². The lowest BCUT2D eigenvalue weighted by molar-refractivity contribution is 0.368. The highest BCUT2D eigenvalue weighted by atomic mass is 16.4. The Hall–Kier alpha value is -6.50. The molecule has 0 saturated heterocycles. The quantitative estimate of drug-likeness (QED) is 0.128. The maximum atomic E-state index is 12.1. The summed E-state index contributed by atoms with van der Waals surface area (Å²) in [4.78, 5) is 24.1. The summed E-state index contributed by atoms with van der Waals surface area (Å²) in [5.41, 5.74) is -0.841. The molecule has 6 rings (SSSR count). The second-order valence-electron chi connectivity index (χ2n) is 9.17. The fourth-order valence-electron chi connectivity index (χ4n) is 4.17. The Morgan fingerprint density at radius 1 is 0.488 bits per heavy atom. The molecule has 0 atom stereocenters. The second-order valence-corrected chi connectivity index (χ2v) is 9.17. The fraction of sp³-hybridized carbons (Fsp3) is 0. The summed E-state index contributed by atoms with van der Waals surface area (Å²) in [7, 11) is 0. The molecule has 13 nitrogen and oxygen atoms in total. The van der Waals surface area contributed by atoms with Crippen LogP contribution in [0.2, 0.25) is 0 Å². The minimum Gasteiger partial charge on any atom is -0.508 e. The molecule has 4 aromatic carbocycles. The summed E-state index contributed by atoms with van der Waals surface area (Å²) >= 11 is 0. The molecular formula is C30H20O13. The Morgan fingerprint density at radius 2 is 1.14 bits per heavy atom. The third-order valence-corrected chi connectivity index (χ3v) is 6.24. The van der Waals surface area contributed by atoms with E-state index >= 15 is 0 Å². The molecule has 0 unspecified atom stereocenters. The van der Waals surface area contributed by atoms with Crippen LogP contribution in [0.1, 0.15) is 0 Å². The zero-order chi connectivity index (χ0) is 31.2. The zero-order valence-electron chi connectivity index (χ0n) is 21.5. The second kappa shape index (κ2) is 10.5. The number of hydrogen-bond donors (Lipinski definition) is 9. The van der Waals surface area contributed by atoms with Crippen molar-refractivity contribution in [2.45, 2.75) is 0 Å². The van der Waals surface area contributed by atoms with Crippen molar-refractivity contribution < 1.29 is 54.8 Å². The molecule has 0 radical (unpaired) electrons. The molecule has 6 aromatic rings. The van der Waals surface area contributed by atoms with Crippen LogP contribution in [-0.2, 0) is 0 Å². The van der Waals surface area contributed by atoms with E-state index in [1.54, 1.807) is 0 Å². The molecule has 0 spiro atoms. The number of benzene rings is 4. The Balaban J connectivity index is 0.000000171. The van der Waals surface area contributed by atoms with E-state index < -0.39 is 45.4 Å².